The van der Waals surface area contributed by atoms with Gasteiger partial charge < -0.3 is 28.6 Å². The number of quaternary nitrogens is 1. The zero-order chi connectivity index (χ0) is 37.8. The number of nitrogens with zero attached hydrogens (tertiary/aromatic N) is 1. The highest BCUT2D eigenvalue weighted by Crippen LogP contribution is 2.12. The normalized spacial score (nSPS) is 13.4. The Balaban J connectivity index is 4.45. The van der Waals surface area contributed by atoms with E-state index in [0.717, 1.165) is 64.2 Å². The zero-order valence-corrected chi connectivity index (χ0v) is 33.5. The van der Waals surface area contributed by atoms with Gasteiger partial charge in [-0.1, -0.05) is 127 Å². The van der Waals surface area contributed by atoms with Gasteiger partial charge in [-0.2, -0.15) is 0 Å². The van der Waals surface area contributed by atoms with Crippen molar-refractivity contribution >= 4 is 17.9 Å². The van der Waals surface area contributed by atoms with Gasteiger partial charge in [0.15, 0.2) is 6.10 Å². The summed E-state index contributed by atoms with van der Waals surface area (Å²) in [5, 5.41) is 11.6. The Labute approximate surface area is 313 Å². The number of carbonyl (C=O) groups excluding carboxylic acids is 3. The molecule has 0 aliphatic carbocycles. The maximum atomic E-state index is 12.7. The molecule has 0 rings (SSSR count). The monoisotopic (exact) mass is 720 g/mol. The number of hydrogen-bond donors (Lipinski definition) is 0. The van der Waals surface area contributed by atoms with Gasteiger partial charge in [-0.15, -0.1) is 0 Å². The van der Waals surface area contributed by atoms with Crippen molar-refractivity contribution in [3.05, 3.63) is 36.5 Å². The van der Waals surface area contributed by atoms with Gasteiger partial charge in [0.25, 0.3) is 0 Å². The first kappa shape index (κ1) is 48.5. The summed E-state index contributed by atoms with van der Waals surface area (Å²) in [6.45, 7) is 4.57. The van der Waals surface area contributed by atoms with Crippen LogP contribution >= 0.6 is 0 Å². The number of rotatable bonds is 36. The van der Waals surface area contributed by atoms with Crippen LogP contribution in [0.2, 0.25) is 0 Å². The number of carboxylic acid groups (broad SMARTS) is 1. The van der Waals surface area contributed by atoms with Gasteiger partial charge in [-0.05, 0) is 57.8 Å². The fraction of sp³-hybridized carbons (Fsp3) is 0.791. The fourth-order valence-electron chi connectivity index (χ4n) is 5.75. The van der Waals surface area contributed by atoms with Gasteiger partial charge in [0.2, 0.25) is 0 Å². The zero-order valence-electron chi connectivity index (χ0n) is 33.5. The van der Waals surface area contributed by atoms with E-state index in [9.17, 15) is 19.5 Å². The summed E-state index contributed by atoms with van der Waals surface area (Å²) in [4.78, 5) is 36.7. The summed E-state index contributed by atoms with van der Waals surface area (Å²) >= 11 is 0. The first-order valence-electron chi connectivity index (χ1n) is 20.5. The Morgan fingerprint density at radius 3 is 1.61 bits per heavy atom. The molecule has 0 N–H and O–H groups in total. The number of ether oxygens (including phenoxy) is 3. The molecule has 0 fully saturated rings. The number of likely N-dealkylation sites (N-methyl/N-ethyl adjacent to an activating group) is 1. The summed E-state index contributed by atoms with van der Waals surface area (Å²) in [6, 6.07) is -0.730. The van der Waals surface area contributed by atoms with Gasteiger partial charge >= 0.3 is 11.9 Å². The fourth-order valence-corrected chi connectivity index (χ4v) is 5.75. The highest BCUT2D eigenvalue weighted by atomic mass is 16.6. The molecule has 0 aromatic rings. The molecule has 8 heteroatoms. The quantitative estimate of drug-likeness (QED) is 0.0209. The molecule has 0 aliphatic heterocycles. The van der Waals surface area contributed by atoms with Crippen LogP contribution in [0.3, 0.4) is 0 Å². The number of unbranched alkanes of at least 4 members (excludes halogenated alkanes) is 17. The molecule has 0 saturated carbocycles. The van der Waals surface area contributed by atoms with Crippen molar-refractivity contribution in [3.8, 4) is 0 Å². The molecule has 0 aromatic heterocycles. The third-order valence-corrected chi connectivity index (χ3v) is 9.03. The van der Waals surface area contributed by atoms with Crippen LogP contribution in [0.5, 0.6) is 0 Å². The molecule has 51 heavy (non-hydrogen) atoms. The smallest absolute Gasteiger partial charge is 0.306 e. The Morgan fingerprint density at radius 1 is 0.588 bits per heavy atom. The number of allylic oxidation sites excluding steroid dienone is 6. The summed E-state index contributed by atoms with van der Waals surface area (Å²) < 4.78 is 17.1. The second-order valence-electron chi connectivity index (χ2n) is 14.9. The van der Waals surface area contributed by atoms with Gasteiger partial charge in [0.05, 0.1) is 40.3 Å². The van der Waals surface area contributed by atoms with Crippen LogP contribution in [0.4, 0.5) is 0 Å². The minimum Gasteiger partial charge on any atom is -0.544 e. The van der Waals surface area contributed by atoms with Crippen LogP contribution in [0.1, 0.15) is 168 Å². The van der Waals surface area contributed by atoms with Crippen molar-refractivity contribution < 1.29 is 38.2 Å². The number of carboxylic acids is 1. The standard InChI is InChI=1S/C43H77NO7/c1-6-8-10-12-14-16-18-19-20-21-22-24-26-28-30-32-34-42(46)51-39(37-49-36-35-40(43(47)48)44(3,4)5)38-50-41(45)33-31-29-27-25-23-17-15-13-11-9-7-2/h13,15,20-22,24,39-40H,6-12,14,16-19,23,25-38H2,1-5H3/b15-13+,21-20+,24-22+. The lowest BCUT2D eigenvalue weighted by Crippen LogP contribution is -2.55. The predicted octanol–water partition coefficient (Wildman–Crippen LogP) is 9.35. The van der Waals surface area contributed by atoms with Gasteiger partial charge in [0.1, 0.15) is 12.6 Å². The summed E-state index contributed by atoms with van der Waals surface area (Å²) in [7, 11) is 5.39. The van der Waals surface area contributed by atoms with Crippen LogP contribution in [0, 0.1) is 0 Å². The van der Waals surface area contributed by atoms with Crippen molar-refractivity contribution in [3.63, 3.8) is 0 Å². The van der Waals surface area contributed by atoms with E-state index in [0.29, 0.717) is 6.42 Å². The molecule has 0 radical (unpaired) electrons. The molecular weight excluding hydrogens is 642 g/mol. The minimum atomic E-state index is -1.13. The van der Waals surface area contributed by atoms with E-state index in [2.05, 4.69) is 50.3 Å². The van der Waals surface area contributed by atoms with Crippen LogP contribution in [-0.2, 0) is 28.6 Å². The van der Waals surface area contributed by atoms with E-state index in [1.807, 2.05) is 0 Å². The number of carbonyl (C=O) groups is 3. The summed E-state index contributed by atoms with van der Waals surface area (Å²) in [5.41, 5.74) is 0. The van der Waals surface area contributed by atoms with Crippen LogP contribution in [0.25, 0.3) is 0 Å². The lowest BCUT2D eigenvalue weighted by atomic mass is 10.1. The lowest BCUT2D eigenvalue weighted by molar-refractivity contribution is -0.889. The van der Waals surface area contributed by atoms with Crippen LogP contribution in [-0.4, -0.2) is 75.5 Å². The van der Waals surface area contributed by atoms with Gasteiger partial charge in [-0.3, -0.25) is 9.59 Å². The van der Waals surface area contributed by atoms with Gasteiger partial charge in [-0.25, -0.2) is 0 Å². The van der Waals surface area contributed by atoms with Crippen molar-refractivity contribution in [2.45, 2.75) is 180 Å². The van der Waals surface area contributed by atoms with Crippen molar-refractivity contribution in [2.75, 3.05) is 41.0 Å². The number of esters is 2. The maximum absolute atomic E-state index is 12.7. The maximum Gasteiger partial charge on any atom is 0.306 e. The molecule has 0 saturated heterocycles. The second kappa shape index (κ2) is 34.6. The van der Waals surface area contributed by atoms with Gasteiger partial charge in [0, 0.05) is 19.3 Å². The van der Waals surface area contributed by atoms with Crippen molar-refractivity contribution in [1.29, 1.82) is 0 Å². The number of hydrogen-bond acceptors (Lipinski definition) is 7. The molecule has 0 aliphatic rings. The van der Waals surface area contributed by atoms with E-state index < -0.39 is 18.1 Å². The first-order chi connectivity index (χ1) is 24.6. The van der Waals surface area contributed by atoms with E-state index in [4.69, 9.17) is 14.2 Å². The summed E-state index contributed by atoms with van der Waals surface area (Å²) in [5.74, 6) is -1.78. The van der Waals surface area contributed by atoms with E-state index in [1.54, 1.807) is 21.1 Å². The molecular formula is C43H77NO7. The van der Waals surface area contributed by atoms with E-state index >= 15 is 0 Å². The summed E-state index contributed by atoms with van der Waals surface area (Å²) in [6.07, 6.45) is 37.4. The third-order valence-electron chi connectivity index (χ3n) is 9.03. The van der Waals surface area contributed by atoms with Crippen LogP contribution in [0.15, 0.2) is 36.5 Å². The molecule has 0 bridgehead atoms. The van der Waals surface area contributed by atoms with Crippen LogP contribution < -0.4 is 5.11 Å². The molecule has 2 unspecified atom stereocenters. The number of aliphatic carboxylic acids is 1. The van der Waals surface area contributed by atoms with E-state index in [1.165, 1.54) is 70.6 Å². The molecule has 2 atom stereocenters. The Kier molecular flexibility index (Phi) is 33.0. The Bertz CT molecular complexity index is 937. The molecule has 0 amide bonds. The first-order valence-corrected chi connectivity index (χ1v) is 20.5. The van der Waals surface area contributed by atoms with E-state index in [-0.39, 0.29) is 49.1 Å². The SMILES string of the molecule is CCCC/C=C/CCCCCCCC(=O)OCC(COCCC(C(=O)[O-])[N+](C)(C)C)OC(=O)CCCCC/C=C/C=C/CCCCCCCCC. The lowest BCUT2D eigenvalue weighted by Gasteiger charge is -2.34. The minimum absolute atomic E-state index is 0.0279. The average molecular weight is 720 g/mol. The largest absolute Gasteiger partial charge is 0.544 e. The Hall–Kier alpha value is -2.45. The highest BCUT2D eigenvalue weighted by Gasteiger charge is 2.25. The Morgan fingerprint density at radius 2 is 1.06 bits per heavy atom. The third kappa shape index (κ3) is 33.2. The highest BCUT2D eigenvalue weighted by molar-refractivity contribution is 5.70. The van der Waals surface area contributed by atoms with Crippen molar-refractivity contribution in [2.24, 2.45) is 0 Å². The predicted molar refractivity (Wildman–Crippen MR) is 208 cm³/mol. The topological polar surface area (TPSA) is 102 Å². The molecule has 296 valence electrons. The second-order valence-corrected chi connectivity index (χ2v) is 14.9. The molecule has 0 spiro atoms. The molecule has 0 heterocycles. The average Bonchev–Trinajstić information content (AvgIpc) is 3.08. The molecule has 8 nitrogen and oxygen atoms in total. The van der Waals surface area contributed by atoms with Crippen molar-refractivity contribution in [1.82, 2.24) is 0 Å². The molecule has 0 aromatic carbocycles.